The Morgan fingerprint density at radius 3 is 1.82 bits per heavy atom. The number of rotatable bonds is 4. The molecular weight excluding hydrogens is 157 g/mol. The van der Waals surface area contributed by atoms with Crippen molar-refractivity contribution in [2.24, 2.45) is 5.73 Å². The SMILES string of the molecule is F.NC[C@@H](O)[C@@H](O)[C@@H](O)CO. The maximum Gasteiger partial charge on any atom is 0.109 e. The number of nitrogens with two attached hydrogens (primary N) is 1. The molecule has 0 fully saturated rings. The van der Waals surface area contributed by atoms with E-state index in [0.717, 1.165) is 0 Å². The molecule has 70 valence electrons. The van der Waals surface area contributed by atoms with Gasteiger partial charge in [0, 0.05) is 6.54 Å². The summed E-state index contributed by atoms with van der Waals surface area (Å²) in [4.78, 5) is 0. The third-order valence-corrected chi connectivity index (χ3v) is 1.22. The maximum atomic E-state index is 8.85. The molecule has 0 aromatic heterocycles. The van der Waals surface area contributed by atoms with Crippen LogP contribution in [0.15, 0.2) is 0 Å². The molecule has 6 heteroatoms. The maximum absolute atomic E-state index is 8.85. The number of aliphatic hydroxyl groups is 4. The lowest BCUT2D eigenvalue weighted by Crippen LogP contribution is -2.43. The van der Waals surface area contributed by atoms with Gasteiger partial charge in [-0.1, -0.05) is 0 Å². The van der Waals surface area contributed by atoms with Crippen molar-refractivity contribution in [3.05, 3.63) is 0 Å². The van der Waals surface area contributed by atoms with Gasteiger partial charge >= 0.3 is 0 Å². The van der Waals surface area contributed by atoms with E-state index in [1.165, 1.54) is 0 Å². The van der Waals surface area contributed by atoms with Crippen molar-refractivity contribution in [2.75, 3.05) is 13.2 Å². The molecule has 3 atom stereocenters. The summed E-state index contributed by atoms with van der Waals surface area (Å²) in [7, 11) is 0. The molecule has 0 aliphatic rings. The van der Waals surface area contributed by atoms with Gasteiger partial charge in [-0.2, -0.15) is 0 Å². The predicted molar refractivity (Wildman–Crippen MR) is 36.7 cm³/mol. The zero-order valence-electron chi connectivity index (χ0n) is 5.92. The van der Waals surface area contributed by atoms with Crippen LogP contribution in [0.3, 0.4) is 0 Å². The summed E-state index contributed by atoms with van der Waals surface area (Å²) in [6.07, 6.45) is -3.87. The van der Waals surface area contributed by atoms with Crippen molar-refractivity contribution < 1.29 is 25.1 Å². The van der Waals surface area contributed by atoms with Crippen LogP contribution in [0.25, 0.3) is 0 Å². The fourth-order valence-electron chi connectivity index (χ4n) is 0.504. The molecule has 5 nitrogen and oxygen atoms in total. The van der Waals surface area contributed by atoms with Crippen molar-refractivity contribution in [2.45, 2.75) is 18.3 Å². The highest BCUT2D eigenvalue weighted by Crippen LogP contribution is 1.97. The molecule has 0 rings (SSSR count). The van der Waals surface area contributed by atoms with Gasteiger partial charge in [-0.05, 0) is 0 Å². The number of halogens is 1. The lowest BCUT2D eigenvalue weighted by molar-refractivity contribution is -0.0727. The number of aliphatic hydroxyl groups excluding tert-OH is 4. The molecule has 0 saturated heterocycles. The predicted octanol–water partition coefficient (Wildman–Crippen LogP) is -2.83. The minimum absolute atomic E-state index is 0. The minimum atomic E-state index is -1.37. The molecule has 0 aliphatic heterocycles. The Morgan fingerprint density at radius 2 is 1.55 bits per heavy atom. The third-order valence-electron chi connectivity index (χ3n) is 1.22. The second kappa shape index (κ2) is 6.44. The van der Waals surface area contributed by atoms with Gasteiger partial charge in [-0.25, -0.2) is 0 Å². The van der Waals surface area contributed by atoms with E-state index in [-0.39, 0.29) is 11.2 Å². The zero-order chi connectivity index (χ0) is 8.15. The van der Waals surface area contributed by atoms with Crippen LogP contribution >= 0.6 is 0 Å². The lowest BCUT2D eigenvalue weighted by atomic mass is 10.1. The van der Waals surface area contributed by atoms with Crippen LogP contribution in [0.5, 0.6) is 0 Å². The summed E-state index contributed by atoms with van der Waals surface area (Å²) in [6, 6.07) is 0. The molecule has 0 aromatic carbocycles. The molecule has 0 radical (unpaired) electrons. The van der Waals surface area contributed by atoms with Gasteiger partial charge in [0.2, 0.25) is 0 Å². The van der Waals surface area contributed by atoms with Gasteiger partial charge < -0.3 is 26.2 Å². The highest BCUT2D eigenvalue weighted by Gasteiger charge is 2.22. The Kier molecular flexibility index (Phi) is 7.80. The van der Waals surface area contributed by atoms with Crippen LogP contribution in [0.2, 0.25) is 0 Å². The second-order valence-electron chi connectivity index (χ2n) is 2.04. The molecule has 11 heavy (non-hydrogen) atoms. The molecule has 0 amide bonds. The standard InChI is InChI=1S/C5H13NO4.FH/c6-1-3(8)5(10)4(9)2-7;/h3-5,7-10H,1-2,6H2;1H/t3-,4+,5-;/m1./s1. The molecule has 0 aliphatic carbocycles. The second-order valence-corrected chi connectivity index (χ2v) is 2.04. The summed E-state index contributed by atoms with van der Waals surface area (Å²) in [5.74, 6) is 0. The van der Waals surface area contributed by atoms with Gasteiger partial charge in [-0.3, -0.25) is 4.70 Å². The monoisotopic (exact) mass is 171 g/mol. The van der Waals surface area contributed by atoms with Crippen molar-refractivity contribution >= 4 is 0 Å². The van der Waals surface area contributed by atoms with Gasteiger partial charge in [0.15, 0.2) is 0 Å². The minimum Gasteiger partial charge on any atom is -0.394 e. The van der Waals surface area contributed by atoms with Gasteiger partial charge in [0.1, 0.15) is 12.2 Å². The Bertz CT molecular complexity index is 84.6. The quantitative estimate of drug-likeness (QED) is 0.313. The molecule has 0 bridgehead atoms. The third kappa shape index (κ3) is 4.23. The summed E-state index contributed by atoms with van der Waals surface area (Å²) in [5.41, 5.74) is 4.96. The normalized spacial score (nSPS) is 18.3. The number of hydrogen-bond donors (Lipinski definition) is 5. The summed E-state index contributed by atoms with van der Waals surface area (Å²) in [6.45, 7) is -0.726. The Morgan fingerprint density at radius 1 is 1.09 bits per heavy atom. The largest absolute Gasteiger partial charge is 0.394 e. The average Bonchev–Trinajstić information content (AvgIpc) is 2.00. The van der Waals surface area contributed by atoms with Crippen LogP contribution in [0, 0.1) is 0 Å². The molecule has 0 saturated carbocycles. The van der Waals surface area contributed by atoms with E-state index in [2.05, 4.69) is 0 Å². The first-order valence-corrected chi connectivity index (χ1v) is 2.98. The first-order valence-electron chi connectivity index (χ1n) is 2.98. The van der Waals surface area contributed by atoms with E-state index in [1.54, 1.807) is 0 Å². The number of hydrogen-bond acceptors (Lipinski definition) is 5. The van der Waals surface area contributed by atoms with Crippen molar-refractivity contribution in [1.82, 2.24) is 0 Å². The van der Waals surface area contributed by atoms with E-state index in [9.17, 15) is 0 Å². The van der Waals surface area contributed by atoms with E-state index in [0.29, 0.717) is 0 Å². The van der Waals surface area contributed by atoms with Crippen molar-refractivity contribution in [3.63, 3.8) is 0 Å². The van der Waals surface area contributed by atoms with E-state index >= 15 is 0 Å². The zero-order valence-corrected chi connectivity index (χ0v) is 5.92. The molecule has 0 heterocycles. The molecule has 6 N–H and O–H groups in total. The molecular formula is C5H14FNO4. The fraction of sp³-hybridized carbons (Fsp3) is 1.00. The summed E-state index contributed by atoms with van der Waals surface area (Å²) < 4.78 is 0. The Balaban J connectivity index is 0. The highest BCUT2D eigenvalue weighted by atomic mass is 19.0. The van der Waals surface area contributed by atoms with Crippen LogP contribution in [0.4, 0.5) is 4.70 Å². The lowest BCUT2D eigenvalue weighted by Gasteiger charge is -2.19. The topological polar surface area (TPSA) is 107 Å². The van der Waals surface area contributed by atoms with Crippen LogP contribution < -0.4 is 5.73 Å². The van der Waals surface area contributed by atoms with E-state index < -0.39 is 24.9 Å². The van der Waals surface area contributed by atoms with Crippen LogP contribution in [0.1, 0.15) is 0 Å². The van der Waals surface area contributed by atoms with Gasteiger partial charge in [0.25, 0.3) is 0 Å². The van der Waals surface area contributed by atoms with E-state index in [1.807, 2.05) is 0 Å². The summed E-state index contributed by atoms with van der Waals surface area (Å²) >= 11 is 0. The fourth-order valence-corrected chi connectivity index (χ4v) is 0.504. The first-order chi connectivity index (χ1) is 4.63. The average molecular weight is 171 g/mol. The first kappa shape index (κ1) is 13.3. The summed E-state index contributed by atoms with van der Waals surface area (Å²) in [5, 5.41) is 34.6. The van der Waals surface area contributed by atoms with Crippen molar-refractivity contribution in [1.29, 1.82) is 0 Å². The van der Waals surface area contributed by atoms with Gasteiger partial charge in [0.05, 0.1) is 12.7 Å². The highest BCUT2D eigenvalue weighted by molar-refractivity contribution is 4.74. The van der Waals surface area contributed by atoms with Gasteiger partial charge in [-0.15, -0.1) is 0 Å². The molecule has 0 spiro atoms. The van der Waals surface area contributed by atoms with Crippen LogP contribution in [-0.4, -0.2) is 51.9 Å². The van der Waals surface area contributed by atoms with E-state index in [4.69, 9.17) is 26.2 Å². The molecule has 0 aromatic rings. The smallest absolute Gasteiger partial charge is 0.109 e. The Hall–Kier alpha value is -0.270. The van der Waals surface area contributed by atoms with Crippen LogP contribution in [-0.2, 0) is 0 Å². The molecule has 0 unspecified atom stereocenters. The Labute approximate surface area is 63.4 Å². The van der Waals surface area contributed by atoms with Crippen molar-refractivity contribution in [3.8, 4) is 0 Å².